The van der Waals surface area contributed by atoms with Crippen LogP contribution in [0.25, 0.3) is 27.8 Å². The number of nitrogens with one attached hydrogen (secondary N) is 2. The van der Waals surface area contributed by atoms with Crippen molar-refractivity contribution < 1.29 is 9.47 Å². The minimum absolute atomic E-state index is 0.0198. The summed E-state index contributed by atoms with van der Waals surface area (Å²) in [5.41, 5.74) is 7.56. The highest BCUT2D eigenvalue weighted by Gasteiger charge is 2.20. The lowest BCUT2D eigenvalue weighted by molar-refractivity contribution is -0.0383. The quantitative estimate of drug-likeness (QED) is 0.214. The Bertz CT molecular complexity index is 1600. The molecular formula is C32H39N7O2. The SMILES string of the molecule is COc1ccc(CNc2nc3cc(-c4ccnn4C4CCCCO4)ccc3n3cc(CNCCN(C)C)cc23)cc1. The molecule has 0 bridgehead atoms. The Labute approximate surface area is 241 Å². The van der Waals surface area contributed by atoms with Gasteiger partial charge in [-0.05, 0) is 80.9 Å². The minimum Gasteiger partial charge on any atom is -0.497 e. The monoisotopic (exact) mass is 553 g/mol. The van der Waals surface area contributed by atoms with Crippen LogP contribution in [0.2, 0.25) is 0 Å². The van der Waals surface area contributed by atoms with E-state index in [2.05, 4.69) is 87.8 Å². The van der Waals surface area contributed by atoms with Crippen molar-refractivity contribution in [2.45, 2.75) is 38.6 Å². The Morgan fingerprint density at radius 1 is 1.00 bits per heavy atom. The molecule has 214 valence electrons. The van der Waals surface area contributed by atoms with Crippen molar-refractivity contribution in [2.75, 3.05) is 46.2 Å². The molecule has 4 heterocycles. The van der Waals surface area contributed by atoms with E-state index in [4.69, 9.17) is 14.5 Å². The average molecular weight is 554 g/mol. The van der Waals surface area contributed by atoms with Crippen LogP contribution in [0.4, 0.5) is 5.82 Å². The molecule has 1 aliphatic rings. The number of hydrogen-bond acceptors (Lipinski definition) is 7. The van der Waals surface area contributed by atoms with Gasteiger partial charge in [0.15, 0.2) is 12.0 Å². The van der Waals surface area contributed by atoms with Gasteiger partial charge >= 0.3 is 0 Å². The largest absolute Gasteiger partial charge is 0.497 e. The van der Waals surface area contributed by atoms with E-state index in [9.17, 15) is 0 Å². The first kappa shape index (κ1) is 27.3. The fourth-order valence-electron chi connectivity index (χ4n) is 5.43. The third-order valence-electron chi connectivity index (χ3n) is 7.66. The van der Waals surface area contributed by atoms with Crippen molar-refractivity contribution in [3.05, 3.63) is 78.1 Å². The summed E-state index contributed by atoms with van der Waals surface area (Å²) in [5.74, 6) is 1.71. The fraction of sp³-hybridized carbons (Fsp3) is 0.375. The molecule has 9 nitrogen and oxygen atoms in total. The predicted octanol–water partition coefficient (Wildman–Crippen LogP) is 5.32. The van der Waals surface area contributed by atoms with Crippen molar-refractivity contribution in [3.8, 4) is 17.0 Å². The maximum absolute atomic E-state index is 6.05. The van der Waals surface area contributed by atoms with E-state index in [1.807, 2.05) is 23.0 Å². The van der Waals surface area contributed by atoms with Gasteiger partial charge in [-0.15, -0.1) is 0 Å². The van der Waals surface area contributed by atoms with Gasteiger partial charge in [-0.25, -0.2) is 9.67 Å². The van der Waals surface area contributed by atoms with Crippen LogP contribution < -0.4 is 15.4 Å². The summed E-state index contributed by atoms with van der Waals surface area (Å²) in [7, 11) is 5.87. The molecule has 41 heavy (non-hydrogen) atoms. The van der Waals surface area contributed by atoms with E-state index in [0.29, 0.717) is 6.54 Å². The number of rotatable bonds is 11. The molecule has 0 saturated carbocycles. The van der Waals surface area contributed by atoms with Crippen molar-refractivity contribution >= 4 is 22.4 Å². The van der Waals surface area contributed by atoms with Gasteiger partial charge in [0.2, 0.25) is 0 Å². The van der Waals surface area contributed by atoms with Crippen LogP contribution in [-0.4, -0.2) is 65.0 Å². The van der Waals surface area contributed by atoms with Crippen LogP contribution in [0, 0.1) is 0 Å². The maximum Gasteiger partial charge on any atom is 0.151 e. The molecule has 6 rings (SSSR count). The Balaban J connectivity index is 1.35. The molecule has 2 aromatic carbocycles. The Kier molecular flexibility index (Phi) is 8.18. The molecule has 0 amide bonds. The number of ether oxygens (including phenoxy) is 2. The summed E-state index contributed by atoms with van der Waals surface area (Å²) in [6.45, 7) is 4.17. The summed E-state index contributed by atoms with van der Waals surface area (Å²) in [5, 5.41) is 11.8. The first-order chi connectivity index (χ1) is 20.1. The Morgan fingerprint density at radius 3 is 2.66 bits per heavy atom. The lowest BCUT2D eigenvalue weighted by atomic mass is 10.1. The van der Waals surface area contributed by atoms with Crippen LogP contribution in [0.5, 0.6) is 5.75 Å². The topological polar surface area (TPSA) is 80.9 Å². The summed E-state index contributed by atoms with van der Waals surface area (Å²) in [4.78, 5) is 7.34. The predicted molar refractivity (Wildman–Crippen MR) is 163 cm³/mol. The molecule has 1 saturated heterocycles. The first-order valence-corrected chi connectivity index (χ1v) is 14.4. The highest BCUT2D eigenvalue weighted by atomic mass is 16.5. The number of hydrogen-bond donors (Lipinski definition) is 2. The second-order valence-corrected chi connectivity index (χ2v) is 10.9. The molecule has 1 fully saturated rings. The van der Waals surface area contributed by atoms with E-state index < -0.39 is 0 Å². The third kappa shape index (κ3) is 6.07. The molecular weight excluding hydrogens is 514 g/mol. The van der Waals surface area contributed by atoms with Gasteiger partial charge in [0.05, 0.1) is 29.4 Å². The van der Waals surface area contributed by atoms with Crippen LogP contribution >= 0.6 is 0 Å². The number of aromatic nitrogens is 4. The number of likely N-dealkylation sites (N-methyl/N-ethyl adjacent to an activating group) is 1. The second-order valence-electron chi connectivity index (χ2n) is 10.9. The van der Waals surface area contributed by atoms with Crippen LogP contribution in [0.1, 0.15) is 36.6 Å². The number of nitrogens with zero attached hydrogens (tertiary/aromatic N) is 5. The molecule has 0 radical (unpaired) electrons. The normalized spacial score (nSPS) is 15.7. The van der Waals surface area contributed by atoms with Gasteiger partial charge in [-0.2, -0.15) is 5.10 Å². The van der Waals surface area contributed by atoms with E-state index in [1.54, 1.807) is 7.11 Å². The van der Waals surface area contributed by atoms with Crippen LogP contribution in [-0.2, 0) is 17.8 Å². The van der Waals surface area contributed by atoms with Gasteiger partial charge in [-0.3, -0.25) is 0 Å². The zero-order valence-electron chi connectivity index (χ0n) is 24.1. The number of methoxy groups -OCH3 is 1. The zero-order chi connectivity index (χ0) is 28.2. The molecule has 2 N–H and O–H groups in total. The summed E-state index contributed by atoms with van der Waals surface area (Å²) >= 11 is 0. The molecule has 0 spiro atoms. The minimum atomic E-state index is -0.0198. The summed E-state index contributed by atoms with van der Waals surface area (Å²) in [6.07, 6.45) is 7.31. The highest BCUT2D eigenvalue weighted by molar-refractivity contribution is 5.88. The summed E-state index contributed by atoms with van der Waals surface area (Å²) < 4.78 is 15.7. The molecule has 5 aromatic rings. The van der Waals surface area contributed by atoms with Gasteiger partial charge in [0.1, 0.15) is 5.75 Å². The fourth-order valence-corrected chi connectivity index (χ4v) is 5.43. The third-order valence-corrected chi connectivity index (χ3v) is 7.66. The number of fused-ring (bicyclic) bond motifs is 3. The molecule has 9 heteroatoms. The average Bonchev–Trinajstić information content (AvgIpc) is 3.67. The number of benzene rings is 2. The summed E-state index contributed by atoms with van der Waals surface area (Å²) in [6, 6.07) is 18.9. The van der Waals surface area contributed by atoms with Crippen molar-refractivity contribution in [1.29, 1.82) is 0 Å². The van der Waals surface area contributed by atoms with E-state index >= 15 is 0 Å². The van der Waals surface area contributed by atoms with E-state index in [0.717, 1.165) is 90.4 Å². The second kappa shape index (κ2) is 12.3. The Morgan fingerprint density at radius 2 is 1.88 bits per heavy atom. The van der Waals surface area contributed by atoms with Gasteiger partial charge in [0, 0.05) is 50.7 Å². The van der Waals surface area contributed by atoms with Crippen LogP contribution in [0.15, 0.2) is 67.0 Å². The molecule has 1 unspecified atom stereocenters. The molecule has 0 aliphatic carbocycles. The van der Waals surface area contributed by atoms with Crippen molar-refractivity contribution in [3.63, 3.8) is 0 Å². The van der Waals surface area contributed by atoms with Crippen molar-refractivity contribution in [2.24, 2.45) is 0 Å². The molecule has 3 aromatic heterocycles. The van der Waals surface area contributed by atoms with E-state index in [1.165, 1.54) is 5.56 Å². The standard InChI is InChI=1S/C32H39N7O2/c1-37(2)16-15-33-20-24-18-30-32(34-21-23-7-10-26(40-3)11-8-23)36-27-19-25(9-12-29(27)38(30)22-24)28-13-14-35-39(28)31-6-4-5-17-41-31/h7-14,18-19,22,31,33H,4-6,15-17,20-21H2,1-3H3,(H,34,36). The van der Waals surface area contributed by atoms with Gasteiger partial charge in [0.25, 0.3) is 0 Å². The maximum atomic E-state index is 6.05. The van der Waals surface area contributed by atoms with Crippen LogP contribution in [0.3, 0.4) is 0 Å². The lowest BCUT2D eigenvalue weighted by Crippen LogP contribution is -2.26. The van der Waals surface area contributed by atoms with Gasteiger partial charge < -0.3 is 29.4 Å². The Hall–Kier alpha value is -3.92. The smallest absolute Gasteiger partial charge is 0.151 e. The highest BCUT2D eigenvalue weighted by Crippen LogP contribution is 2.31. The van der Waals surface area contributed by atoms with Crippen molar-refractivity contribution in [1.82, 2.24) is 29.4 Å². The molecule has 1 atom stereocenters. The zero-order valence-corrected chi connectivity index (χ0v) is 24.1. The van der Waals surface area contributed by atoms with Gasteiger partial charge in [-0.1, -0.05) is 18.2 Å². The molecule has 1 aliphatic heterocycles. The lowest BCUT2D eigenvalue weighted by Gasteiger charge is -2.24. The van der Waals surface area contributed by atoms with E-state index in [-0.39, 0.29) is 6.23 Å². The first-order valence-electron chi connectivity index (χ1n) is 14.4. The number of anilines is 1.